The van der Waals surface area contributed by atoms with Crippen LogP contribution < -0.4 is 5.46 Å². The summed E-state index contributed by atoms with van der Waals surface area (Å²) in [6.45, 7) is 9.27. The maximum absolute atomic E-state index is 11.7. The Hall–Kier alpha value is -1.41. The van der Waals surface area contributed by atoms with Crippen LogP contribution >= 0.6 is 0 Å². The van der Waals surface area contributed by atoms with Gasteiger partial charge in [-0.15, -0.1) is 0 Å². The number of rotatable bonds is 6. The average molecular weight is 350 g/mol. The van der Waals surface area contributed by atoms with Gasteiger partial charge in [0.25, 0.3) is 0 Å². The van der Waals surface area contributed by atoms with E-state index in [2.05, 4.69) is 4.74 Å². The third kappa shape index (κ3) is 4.06. The topological polar surface area (TPSA) is 74.2 Å². The van der Waals surface area contributed by atoms with Gasteiger partial charge >= 0.3 is 13.1 Å². The molecule has 0 bridgehead atoms. The number of hydrogen-bond donors (Lipinski definition) is 1. The van der Waals surface area contributed by atoms with Gasteiger partial charge in [-0.1, -0.05) is 24.3 Å². The zero-order valence-electron chi connectivity index (χ0n) is 15.8. The molecule has 2 rings (SSSR count). The molecule has 1 heterocycles. The highest BCUT2D eigenvalue weighted by molar-refractivity contribution is 6.62. The molecule has 1 fully saturated rings. The second kappa shape index (κ2) is 7.07. The van der Waals surface area contributed by atoms with Gasteiger partial charge in [-0.3, -0.25) is 0 Å². The quantitative estimate of drug-likeness (QED) is 0.618. The van der Waals surface area contributed by atoms with E-state index in [1.807, 2.05) is 52.0 Å². The second-order valence-corrected chi connectivity index (χ2v) is 7.50. The molecule has 1 unspecified atom stereocenters. The summed E-state index contributed by atoms with van der Waals surface area (Å²) in [5.74, 6) is -0.608. The first-order valence-corrected chi connectivity index (χ1v) is 8.32. The molecule has 138 valence electrons. The lowest BCUT2D eigenvalue weighted by Crippen LogP contribution is -2.43. The molecular weight excluding hydrogens is 323 g/mol. The van der Waals surface area contributed by atoms with Crippen molar-refractivity contribution in [2.75, 3.05) is 13.7 Å². The lowest BCUT2D eigenvalue weighted by molar-refractivity contribution is -0.174. The molecule has 0 aromatic heterocycles. The van der Waals surface area contributed by atoms with Gasteiger partial charge in [0.1, 0.15) is 0 Å². The van der Waals surface area contributed by atoms with Gasteiger partial charge < -0.3 is 23.9 Å². The molecule has 1 aromatic carbocycles. The minimum absolute atomic E-state index is 0.176. The Morgan fingerprint density at radius 1 is 1.16 bits per heavy atom. The number of benzene rings is 1. The van der Waals surface area contributed by atoms with Crippen LogP contribution in [-0.4, -0.2) is 48.7 Å². The predicted molar refractivity (Wildman–Crippen MR) is 94.5 cm³/mol. The molecule has 0 amide bonds. The average Bonchev–Trinajstić information content (AvgIpc) is 2.80. The Kier molecular flexibility index (Phi) is 5.63. The van der Waals surface area contributed by atoms with E-state index in [0.29, 0.717) is 0 Å². The number of hydrogen-bond acceptors (Lipinski definition) is 6. The monoisotopic (exact) mass is 350 g/mol. The van der Waals surface area contributed by atoms with E-state index in [1.165, 1.54) is 14.0 Å². The van der Waals surface area contributed by atoms with E-state index < -0.39 is 25.3 Å². The first kappa shape index (κ1) is 19.9. The second-order valence-electron chi connectivity index (χ2n) is 7.50. The third-order valence-corrected chi connectivity index (χ3v) is 4.98. The summed E-state index contributed by atoms with van der Waals surface area (Å²) in [4.78, 5) is 11.7. The molecule has 0 aliphatic carbocycles. The van der Waals surface area contributed by atoms with Crippen LogP contribution in [0.5, 0.6) is 0 Å². The Bertz CT molecular complexity index is 596. The molecule has 1 N–H and O–H groups in total. The fraction of sp³-hybridized carbons (Fsp3) is 0.611. The van der Waals surface area contributed by atoms with Gasteiger partial charge in [0.15, 0.2) is 5.60 Å². The van der Waals surface area contributed by atoms with Crippen molar-refractivity contribution in [2.24, 2.45) is 0 Å². The fourth-order valence-electron chi connectivity index (χ4n) is 2.38. The molecule has 1 aliphatic rings. The fourth-order valence-corrected chi connectivity index (χ4v) is 2.38. The van der Waals surface area contributed by atoms with Gasteiger partial charge in [-0.05, 0) is 45.6 Å². The number of ether oxygens (including phenoxy) is 2. The summed E-state index contributed by atoms with van der Waals surface area (Å²) < 4.78 is 22.3. The molecule has 1 atom stereocenters. The van der Waals surface area contributed by atoms with E-state index in [4.69, 9.17) is 14.0 Å². The minimum Gasteiger partial charge on any atom is -0.467 e. The first-order valence-electron chi connectivity index (χ1n) is 8.32. The van der Waals surface area contributed by atoms with Gasteiger partial charge in [-0.25, -0.2) is 4.79 Å². The van der Waals surface area contributed by atoms with Crippen molar-refractivity contribution in [1.29, 1.82) is 0 Å². The zero-order valence-corrected chi connectivity index (χ0v) is 15.8. The SMILES string of the molecule is COC(=O)C(C)(CO)OCc1ccc(B2OC(C)(C)C(C)(C)O2)cc1. The summed E-state index contributed by atoms with van der Waals surface area (Å²) in [5.41, 5.74) is -0.366. The van der Waals surface area contributed by atoms with Gasteiger partial charge in [0, 0.05) is 0 Å². The van der Waals surface area contributed by atoms with Gasteiger partial charge in [0.05, 0.1) is 31.5 Å². The van der Waals surface area contributed by atoms with Crippen LogP contribution in [0.25, 0.3) is 0 Å². The molecule has 6 nitrogen and oxygen atoms in total. The molecule has 7 heteroatoms. The standard InChI is InChI=1S/C18H27BO6/c1-16(2)17(3,4)25-19(24-16)14-9-7-13(8-10-14)11-23-18(5,12-20)15(21)22-6/h7-10,20H,11-12H2,1-6H3. The Morgan fingerprint density at radius 2 is 1.68 bits per heavy atom. The summed E-state index contributed by atoms with van der Waals surface area (Å²) in [6, 6.07) is 7.59. The largest absolute Gasteiger partial charge is 0.494 e. The van der Waals surface area contributed by atoms with E-state index in [1.54, 1.807) is 0 Å². The van der Waals surface area contributed by atoms with E-state index in [-0.39, 0.29) is 17.8 Å². The summed E-state index contributed by atoms with van der Waals surface area (Å²) >= 11 is 0. The normalized spacial score (nSPS) is 21.0. The van der Waals surface area contributed by atoms with Crippen molar-refractivity contribution in [3.63, 3.8) is 0 Å². The summed E-state index contributed by atoms with van der Waals surface area (Å²) in [7, 11) is 0.844. The van der Waals surface area contributed by atoms with Crippen molar-refractivity contribution >= 4 is 18.6 Å². The maximum Gasteiger partial charge on any atom is 0.494 e. The molecule has 0 spiro atoms. The van der Waals surface area contributed by atoms with E-state index >= 15 is 0 Å². The number of aliphatic hydroxyl groups excluding tert-OH is 1. The van der Waals surface area contributed by atoms with Crippen LogP contribution in [0.15, 0.2) is 24.3 Å². The Labute approximate surface area is 149 Å². The highest BCUT2D eigenvalue weighted by Gasteiger charge is 2.51. The smallest absolute Gasteiger partial charge is 0.467 e. The lowest BCUT2D eigenvalue weighted by atomic mass is 9.79. The highest BCUT2D eigenvalue weighted by atomic mass is 16.7. The minimum atomic E-state index is -1.38. The van der Waals surface area contributed by atoms with Crippen molar-refractivity contribution in [1.82, 2.24) is 0 Å². The predicted octanol–water partition coefficient (Wildman–Crippen LogP) is 1.43. The maximum atomic E-state index is 11.7. The molecule has 0 radical (unpaired) electrons. The lowest BCUT2D eigenvalue weighted by Gasteiger charge is -2.32. The van der Waals surface area contributed by atoms with E-state index in [0.717, 1.165) is 11.0 Å². The molecule has 1 aliphatic heterocycles. The van der Waals surface area contributed by atoms with E-state index in [9.17, 15) is 9.90 Å². The zero-order chi connectivity index (χ0) is 18.9. The van der Waals surface area contributed by atoms with Crippen LogP contribution in [0.1, 0.15) is 40.2 Å². The Morgan fingerprint density at radius 3 is 2.12 bits per heavy atom. The number of methoxy groups -OCH3 is 1. The molecule has 1 aromatic rings. The van der Waals surface area contributed by atoms with Crippen molar-refractivity contribution in [3.05, 3.63) is 29.8 Å². The molecular formula is C18H27BO6. The summed E-state index contributed by atoms with van der Waals surface area (Å²) in [6.07, 6.45) is 0. The van der Waals surface area contributed by atoms with Crippen LogP contribution in [0.4, 0.5) is 0 Å². The molecule has 0 saturated carbocycles. The van der Waals surface area contributed by atoms with Crippen LogP contribution in [-0.2, 0) is 30.2 Å². The Balaban J connectivity index is 2.03. The van der Waals surface area contributed by atoms with Gasteiger partial charge in [-0.2, -0.15) is 0 Å². The van der Waals surface area contributed by atoms with Crippen molar-refractivity contribution in [3.8, 4) is 0 Å². The number of carbonyl (C=O) groups is 1. The van der Waals surface area contributed by atoms with Crippen LogP contribution in [0.3, 0.4) is 0 Å². The van der Waals surface area contributed by atoms with Crippen molar-refractivity contribution < 1.29 is 28.7 Å². The first-order chi connectivity index (χ1) is 11.5. The number of esters is 1. The van der Waals surface area contributed by atoms with Crippen LogP contribution in [0, 0.1) is 0 Å². The van der Waals surface area contributed by atoms with Crippen molar-refractivity contribution in [2.45, 2.75) is 58.0 Å². The molecule has 25 heavy (non-hydrogen) atoms. The number of aliphatic hydroxyl groups is 1. The van der Waals surface area contributed by atoms with Gasteiger partial charge in [0.2, 0.25) is 0 Å². The summed E-state index contributed by atoms with van der Waals surface area (Å²) in [5, 5.41) is 9.39. The highest BCUT2D eigenvalue weighted by Crippen LogP contribution is 2.36. The molecule has 1 saturated heterocycles. The van der Waals surface area contributed by atoms with Crippen LogP contribution in [0.2, 0.25) is 0 Å². The number of carbonyl (C=O) groups excluding carboxylic acids is 1. The third-order valence-electron chi connectivity index (χ3n) is 4.98.